The molecule has 0 saturated carbocycles. The standard InChI is InChI=1S/C17H34N2O3/c1-5-21-15-9-7-6-8-10-18-11-13-19(14-12-18)16(20)22-17(2,3)4/h5-15H2,1-4H3. The molecule has 0 bridgehead atoms. The summed E-state index contributed by atoms with van der Waals surface area (Å²) < 4.78 is 10.8. The monoisotopic (exact) mass is 314 g/mol. The summed E-state index contributed by atoms with van der Waals surface area (Å²) >= 11 is 0. The second-order valence-electron chi connectivity index (χ2n) is 6.92. The fraction of sp³-hybridized carbons (Fsp3) is 0.941. The minimum absolute atomic E-state index is 0.178. The normalized spacial score (nSPS) is 16.8. The van der Waals surface area contributed by atoms with Crippen LogP contribution in [0.4, 0.5) is 4.79 Å². The van der Waals surface area contributed by atoms with Gasteiger partial charge in [0.05, 0.1) is 0 Å². The molecule has 0 unspecified atom stereocenters. The second kappa shape index (κ2) is 10.1. The maximum Gasteiger partial charge on any atom is 0.410 e. The van der Waals surface area contributed by atoms with Crippen LogP contribution in [0, 0.1) is 0 Å². The summed E-state index contributed by atoms with van der Waals surface area (Å²) in [6.45, 7) is 14.1. The highest BCUT2D eigenvalue weighted by Gasteiger charge is 2.25. The molecule has 130 valence electrons. The first-order valence-corrected chi connectivity index (χ1v) is 8.70. The lowest BCUT2D eigenvalue weighted by Gasteiger charge is -2.35. The molecule has 1 amide bonds. The SMILES string of the molecule is CCOCCCCCCN1CCN(C(=O)OC(C)(C)C)CC1. The van der Waals surface area contributed by atoms with Crippen LogP contribution in [0.2, 0.25) is 0 Å². The van der Waals surface area contributed by atoms with Gasteiger partial charge < -0.3 is 14.4 Å². The van der Waals surface area contributed by atoms with Gasteiger partial charge in [0.25, 0.3) is 0 Å². The Morgan fingerprint density at radius 3 is 2.23 bits per heavy atom. The number of piperazine rings is 1. The van der Waals surface area contributed by atoms with Crippen LogP contribution in [0.15, 0.2) is 0 Å². The summed E-state index contributed by atoms with van der Waals surface area (Å²) in [6.07, 6.45) is 4.74. The van der Waals surface area contributed by atoms with E-state index in [2.05, 4.69) is 4.90 Å². The van der Waals surface area contributed by atoms with Crippen molar-refractivity contribution in [3.8, 4) is 0 Å². The quantitative estimate of drug-likeness (QED) is 0.646. The van der Waals surface area contributed by atoms with Gasteiger partial charge in [0.2, 0.25) is 0 Å². The van der Waals surface area contributed by atoms with E-state index in [1.807, 2.05) is 32.6 Å². The number of carbonyl (C=O) groups excluding carboxylic acids is 1. The second-order valence-corrected chi connectivity index (χ2v) is 6.92. The Morgan fingerprint density at radius 1 is 1.00 bits per heavy atom. The summed E-state index contributed by atoms with van der Waals surface area (Å²) in [6, 6.07) is 0. The van der Waals surface area contributed by atoms with Crippen molar-refractivity contribution in [3.05, 3.63) is 0 Å². The summed E-state index contributed by atoms with van der Waals surface area (Å²) in [5.74, 6) is 0. The van der Waals surface area contributed by atoms with Gasteiger partial charge in [-0.1, -0.05) is 12.8 Å². The van der Waals surface area contributed by atoms with E-state index in [0.717, 1.165) is 45.9 Å². The molecule has 0 spiro atoms. The predicted octanol–water partition coefficient (Wildman–Crippen LogP) is 3.14. The summed E-state index contributed by atoms with van der Waals surface area (Å²) in [4.78, 5) is 16.3. The minimum atomic E-state index is -0.407. The Balaban J connectivity index is 2.06. The van der Waals surface area contributed by atoms with E-state index in [4.69, 9.17) is 9.47 Å². The zero-order valence-corrected chi connectivity index (χ0v) is 14.9. The van der Waals surface area contributed by atoms with Crippen molar-refractivity contribution in [2.45, 2.75) is 59.0 Å². The Bertz CT molecular complexity index is 308. The van der Waals surface area contributed by atoms with Gasteiger partial charge in [0.1, 0.15) is 5.60 Å². The van der Waals surface area contributed by atoms with Crippen molar-refractivity contribution in [1.82, 2.24) is 9.80 Å². The van der Waals surface area contributed by atoms with Crippen molar-refractivity contribution in [1.29, 1.82) is 0 Å². The Labute approximate surface area is 135 Å². The van der Waals surface area contributed by atoms with Crippen LogP contribution < -0.4 is 0 Å². The Kier molecular flexibility index (Phi) is 8.79. The van der Waals surface area contributed by atoms with Crippen LogP contribution in [-0.2, 0) is 9.47 Å². The third-order valence-electron chi connectivity index (χ3n) is 3.74. The van der Waals surface area contributed by atoms with Crippen LogP contribution in [0.1, 0.15) is 53.4 Å². The molecule has 0 atom stereocenters. The van der Waals surface area contributed by atoms with E-state index in [9.17, 15) is 4.79 Å². The van der Waals surface area contributed by atoms with E-state index in [1.54, 1.807) is 0 Å². The Hall–Kier alpha value is -0.810. The van der Waals surface area contributed by atoms with Crippen molar-refractivity contribution in [3.63, 3.8) is 0 Å². The van der Waals surface area contributed by atoms with Crippen LogP contribution in [0.5, 0.6) is 0 Å². The number of rotatable bonds is 8. The van der Waals surface area contributed by atoms with E-state index < -0.39 is 5.60 Å². The van der Waals surface area contributed by atoms with Gasteiger partial charge in [-0.15, -0.1) is 0 Å². The molecule has 0 aromatic carbocycles. The summed E-state index contributed by atoms with van der Waals surface area (Å²) in [7, 11) is 0. The van der Waals surface area contributed by atoms with Gasteiger partial charge in [-0.2, -0.15) is 0 Å². The fourth-order valence-corrected chi connectivity index (χ4v) is 2.52. The van der Waals surface area contributed by atoms with E-state index in [1.165, 1.54) is 25.7 Å². The van der Waals surface area contributed by atoms with Crippen molar-refractivity contribution in [2.75, 3.05) is 45.9 Å². The molecule has 1 heterocycles. The molecule has 22 heavy (non-hydrogen) atoms. The lowest BCUT2D eigenvalue weighted by Crippen LogP contribution is -2.50. The van der Waals surface area contributed by atoms with E-state index >= 15 is 0 Å². The van der Waals surface area contributed by atoms with E-state index in [-0.39, 0.29) is 6.09 Å². The summed E-state index contributed by atoms with van der Waals surface area (Å²) in [5, 5.41) is 0. The fourth-order valence-electron chi connectivity index (χ4n) is 2.52. The number of hydrogen-bond acceptors (Lipinski definition) is 4. The molecule has 1 aliphatic rings. The molecule has 5 heteroatoms. The van der Waals surface area contributed by atoms with Crippen LogP contribution in [-0.4, -0.2) is 67.4 Å². The lowest BCUT2D eigenvalue weighted by molar-refractivity contribution is 0.0144. The number of carbonyl (C=O) groups is 1. The summed E-state index contributed by atoms with van der Waals surface area (Å²) in [5.41, 5.74) is -0.407. The maximum absolute atomic E-state index is 12.0. The van der Waals surface area contributed by atoms with Crippen molar-refractivity contribution < 1.29 is 14.3 Å². The highest BCUT2D eigenvalue weighted by atomic mass is 16.6. The van der Waals surface area contributed by atoms with Crippen molar-refractivity contribution in [2.24, 2.45) is 0 Å². The first-order chi connectivity index (χ1) is 10.4. The third kappa shape index (κ3) is 8.59. The van der Waals surface area contributed by atoms with Crippen molar-refractivity contribution >= 4 is 6.09 Å². The number of hydrogen-bond donors (Lipinski definition) is 0. The molecule has 1 fully saturated rings. The van der Waals surface area contributed by atoms with Crippen LogP contribution in [0.25, 0.3) is 0 Å². The van der Waals surface area contributed by atoms with Gasteiger partial charge in [0.15, 0.2) is 0 Å². The molecule has 0 N–H and O–H groups in total. The molecule has 0 aromatic heterocycles. The Morgan fingerprint density at radius 2 is 1.64 bits per heavy atom. The molecule has 1 saturated heterocycles. The third-order valence-corrected chi connectivity index (χ3v) is 3.74. The maximum atomic E-state index is 12.0. The van der Waals surface area contributed by atoms with Crippen LogP contribution in [0.3, 0.4) is 0 Å². The molecule has 1 rings (SSSR count). The molecule has 0 aromatic rings. The number of unbranched alkanes of at least 4 members (excludes halogenated alkanes) is 3. The van der Waals surface area contributed by atoms with Gasteiger partial charge in [-0.05, 0) is 47.1 Å². The average molecular weight is 314 g/mol. The number of amides is 1. The van der Waals surface area contributed by atoms with Gasteiger partial charge >= 0.3 is 6.09 Å². The average Bonchev–Trinajstić information content (AvgIpc) is 2.45. The largest absolute Gasteiger partial charge is 0.444 e. The molecular formula is C17H34N2O3. The molecular weight excluding hydrogens is 280 g/mol. The zero-order valence-electron chi connectivity index (χ0n) is 14.9. The highest BCUT2D eigenvalue weighted by Crippen LogP contribution is 2.12. The van der Waals surface area contributed by atoms with E-state index in [0.29, 0.717) is 0 Å². The van der Waals surface area contributed by atoms with Gasteiger partial charge in [0, 0.05) is 39.4 Å². The minimum Gasteiger partial charge on any atom is -0.444 e. The first-order valence-electron chi connectivity index (χ1n) is 8.70. The zero-order chi connectivity index (χ0) is 16.4. The van der Waals surface area contributed by atoms with Gasteiger partial charge in [-0.3, -0.25) is 4.90 Å². The predicted molar refractivity (Wildman–Crippen MR) is 89.2 cm³/mol. The number of nitrogens with zero attached hydrogens (tertiary/aromatic N) is 2. The molecule has 1 aliphatic heterocycles. The van der Waals surface area contributed by atoms with Crippen LogP contribution >= 0.6 is 0 Å². The highest BCUT2D eigenvalue weighted by molar-refractivity contribution is 5.68. The molecule has 0 aliphatic carbocycles. The molecule has 0 radical (unpaired) electrons. The number of ether oxygens (including phenoxy) is 2. The smallest absolute Gasteiger partial charge is 0.410 e. The topological polar surface area (TPSA) is 42.0 Å². The first kappa shape index (κ1) is 19.2. The lowest BCUT2D eigenvalue weighted by atomic mass is 10.2. The molecule has 5 nitrogen and oxygen atoms in total. The van der Waals surface area contributed by atoms with Gasteiger partial charge in [-0.25, -0.2) is 4.79 Å².